The van der Waals surface area contributed by atoms with Gasteiger partial charge in [-0.15, -0.1) is 0 Å². The van der Waals surface area contributed by atoms with Gasteiger partial charge in [0.25, 0.3) is 0 Å². The van der Waals surface area contributed by atoms with E-state index in [-0.39, 0.29) is 6.04 Å². The Morgan fingerprint density at radius 1 is 1.39 bits per heavy atom. The molecule has 0 saturated heterocycles. The Morgan fingerprint density at radius 2 is 2.06 bits per heavy atom. The molecule has 0 spiro atoms. The summed E-state index contributed by atoms with van der Waals surface area (Å²) in [6.07, 6.45) is 3.66. The molecule has 0 aliphatic heterocycles. The van der Waals surface area contributed by atoms with E-state index in [0.717, 1.165) is 17.2 Å². The van der Waals surface area contributed by atoms with Crippen molar-refractivity contribution in [3.63, 3.8) is 0 Å². The van der Waals surface area contributed by atoms with Crippen molar-refractivity contribution >= 4 is 0 Å². The SMILES string of the molecule is Cc1cc(C(C)n2cncc2C(C)(C)N)c(C)o1. The number of nitrogens with two attached hydrogens (primary N) is 1. The second kappa shape index (κ2) is 4.28. The number of aromatic nitrogens is 2. The highest BCUT2D eigenvalue weighted by Gasteiger charge is 2.23. The monoisotopic (exact) mass is 247 g/mol. The molecular formula is C14H21N3O. The van der Waals surface area contributed by atoms with Crippen molar-refractivity contribution in [2.45, 2.75) is 46.2 Å². The molecule has 98 valence electrons. The number of hydrogen-bond donors (Lipinski definition) is 1. The lowest BCUT2D eigenvalue weighted by Crippen LogP contribution is -2.32. The van der Waals surface area contributed by atoms with Gasteiger partial charge in [-0.1, -0.05) is 0 Å². The molecule has 0 fully saturated rings. The molecule has 1 atom stereocenters. The summed E-state index contributed by atoms with van der Waals surface area (Å²) >= 11 is 0. The molecule has 2 aromatic rings. The number of hydrogen-bond acceptors (Lipinski definition) is 3. The highest BCUT2D eigenvalue weighted by molar-refractivity contribution is 5.26. The van der Waals surface area contributed by atoms with Gasteiger partial charge in [-0.05, 0) is 40.7 Å². The van der Waals surface area contributed by atoms with Crippen LogP contribution in [-0.4, -0.2) is 9.55 Å². The van der Waals surface area contributed by atoms with E-state index in [1.54, 1.807) is 0 Å². The molecule has 0 aliphatic rings. The fourth-order valence-corrected chi connectivity index (χ4v) is 2.33. The number of aryl methyl sites for hydroxylation is 2. The van der Waals surface area contributed by atoms with Crippen molar-refractivity contribution in [2.24, 2.45) is 5.73 Å². The smallest absolute Gasteiger partial charge is 0.106 e. The van der Waals surface area contributed by atoms with Crippen molar-refractivity contribution in [1.82, 2.24) is 9.55 Å². The molecule has 4 nitrogen and oxygen atoms in total. The number of nitrogens with zero attached hydrogens (tertiary/aromatic N) is 2. The third kappa shape index (κ3) is 2.20. The van der Waals surface area contributed by atoms with Crippen LogP contribution < -0.4 is 5.73 Å². The van der Waals surface area contributed by atoms with E-state index in [1.165, 1.54) is 5.56 Å². The molecule has 0 bridgehead atoms. The van der Waals surface area contributed by atoms with Gasteiger partial charge in [0, 0.05) is 5.56 Å². The third-order valence-electron chi connectivity index (χ3n) is 3.27. The fraction of sp³-hybridized carbons (Fsp3) is 0.500. The summed E-state index contributed by atoms with van der Waals surface area (Å²) in [7, 11) is 0. The summed E-state index contributed by atoms with van der Waals surface area (Å²) in [6.45, 7) is 10.1. The fourth-order valence-electron chi connectivity index (χ4n) is 2.33. The quantitative estimate of drug-likeness (QED) is 0.907. The average molecular weight is 247 g/mol. The van der Waals surface area contributed by atoms with Gasteiger partial charge in [0.1, 0.15) is 11.5 Å². The van der Waals surface area contributed by atoms with Crippen LogP contribution in [0.5, 0.6) is 0 Å². The minimum Gasteiger partial charge on any atom is -0.466 e. The zero-order chi connectivity index (χ0) is 13.5. The summed E-state index contributed by atoms with van der Waals surface area (Å²) in [6, 6.07) is 2.25. The Kier molecular flexibility index (Phi) is 3.07. The molecule has 2 rings (SSSR count). The van der Waals surface area contributed by atoms with E-state index in [2.05, 4.69) is 22.5 Å². The lowest BCUT2D eigenvalue weighted by molar-refractivity contribution is 0.466. The van der Waals surface area contributed by atoms with Crippen LogP contribution in [0.2, 0.25) is 0 Å². The Morgan fingerprint density at radius 3 is 2.56 bits per heavy atom. The summed E-state index contributed by atoms with van der Waals surface area (Å²) < 4.78 is 7.70. The summed E-state index contributed by atoms with van der Waals surface area (Å²) in [5.74, 6) is 1.89. The maximum atomic E-state index is 6.18. The maximum Gasteiger partial charge on any atom is 0.106 e. The maximum absolute atomic E-state index is 6.18. The predicted octanol–water partition coefficient (Wildman–Crippen LogP) is 2.90. The van der Waals surface area contributed by atoms with Crippen LogP contribution in [0.3, 0.4) is 0 Å². The minimum atomic E-state index is -0.405. The molecule has 4 heteroatoms. The predicted molar refractivity (Wildman–Crippen MR) is 71.4 cm³/mol. The van der Waals surface area contributed by atoms with Crippen LogP contribution in [0.25, 0.3) is 0 Å². The number of furan rings is 1. The summed E-state index contributed by atoms with van der Waals surface area (Å²) in [4.78, 5) is 4.22. The first-order valence-corrected chi connectivity index (χ1v) is 6.19. The molecule has 0 aromatic carbocycles. The largest absolute Gasteiger partial charge is 0.466 e. The zero-order valence-electron chi connectivity index (χ0n) is 11.7. The Labute approximate surface area is 108 Å². The Hall–Kier alpha value is -1.55. The van der Waals surface area contributed by atoms with E-state index < -0.39 is 5.54 Å². The first-order valence-electron chi connectivity index (χ1n) is 6.19. The van der Waals surface area contributed by atoms with Crippen molar-refractivity contribution in [2.75, 3.05) is 0 Å². The first kappa shape index (κ1) is 12.9. The molecule has 0 amide bonds. The lowest BCUT2D eigenvalue weighted by atomic mass is 10.0. The number of imidazole rings is 1. The lowest BCUT2D eigenvalue weighted by Gasteiger charge is -2.24. The van der Waals surface area contributed by atoms with Gasteiger partial charge in [-0.25, -0.2) is 4.98 Å². The van der Waals surface area contributed by atoms with Gasteiger partial charge in [-0.3, -0.25) is 0 Å². The van der Waals surface area contributed by atoms with Crippen LogP contribution in [-0.2, 0) is 5.54 Å². The van der Waals surface area contributed by atoms with Crippen LogP contribution in [0, 0.1) is 13.8 Å². The zero-order valence-corrected chi connectivity index (χ0v) is 11.7. The van der Waals surface area contributed by atoms with Crippen LogP contribution in [0.15, 0.2) is 23.0 Å². The van der Waals surface area contributed by atoms with E-state index >= 15 is 0 Å². The molecule has 2 heterocycles. The minimum absolute atomic E-state index is 0.169. The van der Waals surface area contributed by atoms with Gasteiger partial charge in [-0.2, -0.15) is 0 Å². The third-order valence-corrected chi connectivity index (χ3v) is 3.27. The van der Waals surface area contributed by atoms with E-state index in [4.69, 9.17) is 10.2 Å². The van der Waals surface area contributed by atoms with Crippen LogP contribution >= 0.6 is 0 Å². The molecule has 2 N–H and O–H groups in total. The van der Waals surface area contributed by atoms with E-state index in [1.807, 2.05) is 40.2 Å². The molecule has 0 aliphatic carbocycles. The van der Waals surface area contributed by atoms with Crippen molar-refractivity contribution in [3.8, 4) is 0 Å². The molecule has 18 heavy (non-hydrogen) atoms. The summed E-state index contributed by atoms with van der Waals surface area (Å²) in [5.41, 5.74) is 7.97. The highest BCUT2D eigenvalue weighted by atomic mass is 16.3. The summed E-state index contributed by atoms with van der Waals surface area (Å²) in [5, 5.41) is 0. The standard InChI is InChI=1S/C14H21N3O/c1-9-6-12(11(3)18-9)10(2)17-8-16-7-13(17)14(4,5)15/h6-8,10H,15H2,1-5H3. The number of rotatable bonds is 3. The molecule has 2 aromatic heterocycles. The van der Waals surface area contributed by atoms with Gasteiger partial charge in [0.05, 0.1) is 29.8 Å². The van der Waals surface area contributed by atoms with Crippen molar-refractivity contribution < 1.29 is 4.42 Å². The van der Waals surface area contributed by atoms with Crippen LogP contribution in [0.1, 0.15) is 49.6 Å². The van der Waals surface area contributed by atoms with E-state index in [0.29, 0.717) is 0 Å². The topological polar surface area (TPSA) is 57.0 Å². The van der Waals surface area contributed by atoms with Crippen molar-refractivity contribution in [3.05, 3.63) is 41.4 Å². The molecule has 1 unspecified atom stereocenters. The van der Waals surface area contributed by atoms with Gasteiger partial charge < -0.3 is 14.7 Å². The second-order valence-corrected chi connectivity index (χ2v) is 5.45. The van der Waals surface area contributed by atoms with Crippen molar-refractivity contribution in [1.29, 1.82) is 0 Å². The first-order chi connectivity index (χ1) is 8.30. The normalized spacial score (nSPS) is 13.9. The van der Waals surface area contributed by atoms with Gasteiger partial charge in [0.15, 0.2) is 0 Å². The average Bonchev–Trinajstić information content (AvgIpc) is 2.82. The van der Waals surface area contributed by atoms with E-state index in [9.17, 15) is 0 Å². The highest BCUT2D eigenvalue weighted by Crippen LogP contribution is 2.28. The molecule has 0 saturated carbocycles. The van der Waals surface area contributed by atoms with Gasteiger partial charge >= 0.3 is 0 Å². The Balaban J connectivity index is 2.44. The Bertz CT molecular complexity index is 546. The van der Waals surface area contributed by atoms with Gasteiger partial charge in [0.2, 0.25) is 0 Å². The molecule has 0 radical (unpaired) electrons. The second-order valence-electron chi connectivity index (χ2n) is 5.45. The van der Waals surface area contributed by atoms with Crippen LogP contribution in [0.4, 0.5) is 0 Å². The molecular weight excluding hydrogens is 226 g/mol.